The minimum atomic E-state index is 0. The van der Waals surface area contributed by atoms with Gasteiger partial charge in [0.15, 0.2) is 0 Å². The van der Waals surface area contributed by atoms with Crippen LogP contribution in [0, 0.1) is 18.5 Å². The molecule has 0 spiro atoms. The van der Waals surface area contributed by atoms with E-state index in [1.807, 2.05) is 70.8 Å². The first-order chi connectivity index (χ1) is 22.2. The van der Waals surface area contributed by atoms with Gasteiger partial charge in [-0.2, -0.15) is 30.3 Å². The van der Waals surface area contributed by atoms with E-state index in [1.165, 1.54) is 43.6 Å². The van der Waals surface area contributed by atoms with Gasteiger partial charge in [0.05, 0.1) is 51.5 Å². The van der Waals surface area contributed by atoms with Crippen molar-refractivity contribution in [2.45, 2.75) is 0 Å². The fourth-order valence-electron chi connectivity index (χ4n) is 6.79. The van der Waals surface area contributed by atoms with Crippen LogP contribution in [-0.2, 0) is 34.2 Å². The Hall–Kier alpha value is -5.29. The van der Waals surface area contributed by atoms with E-state index >= 15 is 0 Å². The van der Waals surface area contributed by atoms with Gasteiger partial charge in [0.1, 0.15) is 0 Å². The Morgan fingerprint density at radius 3 is 2.11 bits per heavy atom. The molecule has 0 unspecified atom stereocenters. The van der Waals surface area contributed by atoms with Crippen molar-refractivity contribution in [3.8, 4) is 17.1 Å². The third-order valence-electron chi connectivity index (χ3n) is 8.84. The fourth-order valence-corrected chi connectivity index (χ4v) is 6.79. The van der Waals surface area contributed by atoms with Crippen LogP contribution < -0.4 is 4.57 Å². The maximum atomic E-state index is 4.96. The number of aromatic nitrogens is 5. The average Bonchev–Trinajstić information content (AvgIpc) is 3.82. The summed E-state index contributed by atoms with van der Waals surface area (Å²) >= 11 is 0. The third kappa shape index (κ3) is 4.18. The first-order valence-electron chi connectivity index (χ1n) is 15.0. The number of aryl methyl sites for hydroxylation is 2. The van der Waals surface area contributed by atoms with Gasteiger partial charge in [0.2, 0.25) is 6.33 Å². The Balaban J connectivity index is 0.000000157. The van der Waals surface area contributed by atoms with Crippen LogP contribution in [0.15, 0.2) is 127 Å². The Bertz CT molecular complexity index is 2660. The topological polar surface area (TPSA) is 31.0 Å². The first-order valence-corrected chi connectivity index (χ1v) is 15.0. The summed E-state index contributed by atoms with van der Waals surface area (Å²) in [7, 11) is 4.09. The molecule has 5 nitrogen and oxygen atoms in total. The predicted octanol–water partition coefficient (Wildman–Crippen LogP) is 8.24. The summed E-state index contributed by atoms with van der Waals surface area (Å²) in [6.45, 7) is 0. The normalized spacial score (nSPS) is 11.5. The van der Waals surface area contributed by atoms with Crippen molar-refractivity contribution in [3.63, 3.8) is 0 Å². The van der Waals surface area contributed by atoms with Crippen molar-refractivity contribution in [2.24, 2.45) is 14.1 Å². The maximum absolute atomic E-state index is 4.96. The number of imidazole rings is 2. The van der Waals surface area contributed by atoms with Gasteiger partial charge < -0.3 is 18.1 Å². The number of hydrogen-bond acceptors (Lipinski definition) is 1. The number of hydrogen-bond donors (Lipinski definition) is 0. The van der Waals surface area contributed by atoms with Crippen molar-refractivity contribution < 1.29 is 24.7 Å². The SMILES string of the molecule is C[n+]1[c-]n(-c2[c-]cccc2)c2ccccc21.Cn1c(-c2[c-]cccc2)nc2cc3c4cccc5c6ccccc6n(c3cc21)c54.[Ir+3]. The quantitative estimate of drug-likeness (QED) is 0.129. The Labute approximate surface area is 279 Å². The average molecular weight is 770 g/mol. The molecule has 0 saturated heterocycles. The summed E-state index contributed by atoms with van der Waals surface area (Å²) in [5.41, 5.74) is 10.3. The second-order valence-electron chi connectivity index (χ2n) is 11.4. The van der Waals surface area contributed by atoms with Gasteiger partial charge >= 0.3 is 20.1 Å². The number of nitrogens with zero attached hydrogens (tertiary/aromatic N) is 5. The van der Waals surface area contributed by atoms with E-state index < -0.39 is 0 Å². The van der Waals surface area contributed by atoms with Crippen LogP contribution in [-0.4, -0.2) is 18.5 Å². The van der Waals surface area contributed by atoms with E-state index in [0.29, 0.717) is 0 Å². The zero-order chi connectivity index (χ0) is 30.1. The Kier molecular flexibility index (Phi) is 6.71. The molecule has 4 heterocycles. The second-order valence-corrected chi connectivity index (χ2v) is 11.4. The number of fused-ring (bicyclic) bond motifs is 8. The second kappa shape index (κ2) is 11.0. The molecule has 6 aromatic carbocycles. The minimum absolute atomic E-state index is 0. The molecule has 6 heteroatoms. The van der Waals surface area contributed by atoms with Crippen molar-refractivity contribution in [3.05, 3.63) is 146 Å². The molecule has 0 saturated carbocycles. The van der Waals surface area contributed by atoms with Gasteiger partial charge in [0.25, 0.3) is 0 Å². The minimum Gasteiger partial charge on any atom is -0.367 e. The van der Waals surface area contributed by atoms with E-state index in [4.69, 9.17) is 4.98 Å². The molecule has 220 valence electrons. The van der Waals surface area contributed by atoms with Crippen LogP contribution in [0.1, 0.15) is 0 Å². The molecule has 46 heavy (non-hydrogen) atoms. The molecule has 0 atom stereocenters. The van der Waals surface area contributed by atoms with Gasteiger partial charge in [-0.25, -0.2) is 0 Å². The van der Waals surface area contributed by atoms with Crippen LogP contribution in [0.3, 0.4) is 0 Å². The van der Waals surface area contributed by atoms with Crippen LogP contribution in [0.4, 0.5) is 0 Å². The third-order valence-corrected chi connectivity index (χ3v) is 8.84. The fraction of sp³-hybridized carbons (Fsp3) is 0.0500. The van der Waals surface area contributed by atoms with Gasteiger partial charge in [0, 0.05) is 28.6 Å². The molecule has 0 aliphatic carbocycles. The van der Waals surface area contributed by atoms with Crippen LogP contribution in [0.25, 0.3) is 77.2 Å². The van der Waals surface area contributed by atoms with E-state index in [0.717, 1.165) is 33.6 Å². The molecular weight excluding hydrogens is 743 g/mol. The zero-order valence-corrected chi connectivity index (χ0v) is 27.6. The van der Waals surface area contributed by atoms with Gasteiger partial charge in [-0.3, -0.25) is 4.98 Å². The number of para-hydroxylation sites is 5. The van der Waals surface area contributed by atoms with Crippen molar-refractivity contribution >= 4 is 60.2 Å². The van der Waals surface area contributed by atoms with E-state index in [9.17, 15) is 0 Å². The molecule has 0 N–H and O–H groups in total. The molecule has 10 aromatic rings. The maximum Gasteiger partial charge on any atom is 3.00 e. The smallest absolute Gasteiger partial charge is 0.367 e. The standard InChI is InChI=1S/C26H16N3.C14H11N2.Ir/c1-28-24-15-23-20(14-21(24)27-26(28)16-8-3-2-4-9-16)19-12-7-11-18-17-10-5-6-13-22(17)29(23)25(18)19;1-15-11-16(12-7-3-2-4-8-12)14-10-6-5-9-13(14)15;/h2-8,10-15H,1H3;2-7,9-10H,1H3;/q2*-1;+3. The number of rotatable bonds is 2. The largest absolute Gasteiger partial charge is 3.00 e. The molecule has 0 bridgehead atoms. The molecule has 10 rings (SSSR count). The van der Waals surface area contributed by atoms with Crippen molar-refractivity contribution in [1.82, 2.24) is 18.5 Å². The summed E-state index contributed by atoms with van der Waals surface area (Å²) in [6, 6.07) is 50.5. The molecule has 0 amide bonds. The Morgan fingerprint density at radius 1 is 0.630 bits per heavy atom. The molecule has 0 radical (unpaired) electrons. The number of benzene rings is 6. The molecular formula is C40H27IrN5+. The summed E-state index contributed by atoms with van der Waals surface area (Å²) in [5, 5.41) is 5.16. The van der Waals surface area contributed by atoms with E-state index in [1.54, 1.807) is 0 Å². The zero-order valence-electron chi connectivity index (χ0n) is 25.2. The molecule has 0 aliphatic heterocycles. The predicted molar refractivity (Wildman–Crippen MR) is 182 cm³/mol. The molecule has 0 aliphatic rings. The van der Waals surface area contributed by atoms with E-state index in [-0.39, 0.29) is 20.1 Å². The van der Waals surface area contributed by atoms with E-state index in [2.05, 4.69) is 107 Å². The van der Waals surface area contributed by atoms with Crippen molar-refractivity contribution in [2.75, 3.05) is 0 Å². The Morgan fingerprint density at radius 2 is 1.33 bits per heavy atom. The van der Waals surface area contributed by atoms with Crippen molar-refractivity contribution in [1.29, 1.82) is 0 Å². The molecule has 0 fully saturated rings. The van der Waals surface area contributed by atoms with Crippen LogP contribution in [0.5, 0.6) is 0 Å². The van der Waals surface area contributed by atoms with Gasteiger partial charge in [-0.05, 0) is 18.2 Å². The van der Waals surface area contributed by atoms with Crippen LogP contribution in [0.2, 0.25) is 0 Å². The van der Waals surface area contributed by atoms with Gasteiger partial charge in [-0.1, -0.05) is 66.4 Å². The van der Waals surface area contributed by atoms with Crippen LogP contribution >= 0.6 is 0 Å². The summed E-state index contributed by atoms with van der Waals surface area (Å²) in [5.74, 6) is 0.945. The summed E-state index contributed by atoms with van der Waals surface area (Å²) in [4.78, 5) is 4.96. The van der Waals surface area contributed by atoms with Gasteiger partial charge in [-0.15, -0.1) is 35.9 Å². The first kappa shape index (κ1) is 28.2. The summed E-state index contributed by atoms with van der Waals surface area (Å²) in [6.07, 6.45) is 3.27. The molecule has 4 aromatic heterocycles. The monoisotopic (exact) mass is 770 g/mol. The summed E-state index contributed by atoms with van der Waals surface area (Å²) < 4.78 is 8.61.